The molecule has 0 radical (unpaired) electrons. The Morgan fingerprint density at radius 1 is 1.11 bits per heavy atom. The van der Waals surface area contributed by atoms with Crippen molar-refractivity contribution in [3.63, 3.8) is 0 Å². The van der Waals surface area contributed by atoms with E-state index in [0.717, 1.165) is 12.8 Å². The highest BCUT2D eigenvalue weighted by molar-refractivity contribution is 5.78. The Bertz CT molecular complexity index is 1040. The van der Waals surface area contributed by atoms with E-state index in [-0.39, 0.29) is 6.61 Å². The molecule has 0 unspecified atom stereocenters. The van der Waals surface area contributed by atoms with Gasteiger partial charge in [-0.2, -0.15) is 0 Å². The molecule has 5 rings (SSSR count). The van der Waals surface area contributed by atoms with Gasteiger partial charge in [0.15, 0.2) is 6.23 Å². The fourth-order valence-corrected chi connectivity index (χ4v) is 4.12. The second-order valence-corrected chi connectivity index (χ2v) is 7.38. The smallest absolute Gasteiger partial charge is 0.164 e. The average molecular weight is 383 g/mol. The van der Waals surface area contributed by atoms with Crippen LogP contribution in [0.4, 0.5) is 0 Å². The minimum absolute atomic E-state index is 0.237. The Balaban J connectivity index is 1.46. The van der Waals surface area contributed by atoms with Gasteiger partial charge in [0.25, 0.3) is 0 Å². The summed E-state index contributed by atoms with van der Waals surface area (Å²) in [4.78, 5) is 8.25. The molecule has 28 heavy (non-hydrogen) atoms. The molecule has 0 amide bonds. The number of aryl methyl sites for hydroxylation is 2. The van der Waals surface area contributed by atoms with Crippen molar-refractivity contribution in [3.8, 4) is 0 Å². The van der Waals surface area contributed by atoms with Gasteiger partial charge in [-0.3, -0.25) is 0 Å². The lowest BCUT2D eigenvalue weighted by atomic mass is 9.85. The zero-order valence-corrected chi connectivity index (χ0v) is 15.0. The first-order valence-electron chi connectivity index (χ1n) is 9.31. The molecule has 3 aromatic rings. The van der Waals surface area contributed by atoms with Crippen LogP contribution in [0, 0.1) is 0 Å². The first-order valence-corrected chi connectivity index (χ1v) is 9.31. The number of fused-ring (bicyclic) bond motifs is 2. The Labute approximate surface area is 160 Å². The molecule has 1 aliphatic carbocycles. The fraction of sp³-hybridized carbons (Fsp3) is 0.400. The van der Waals surface area contributed by atoms with Crippen LogP contribution < -0.4 is 0 Å². The van der Waals surface area contributed by atoms with E-state index in [1.54, 1.807) is 16.8 Å². The summed E-state index contributed by atoms with van der Waals surface area (Å²) in [5.41, 5.74) is 4.09. The van der Waals surface area contributed by atoms with Crippen molar-refractivity contribution in [2.45, 2.75) is 50.1 Å². The van der Waals surface area contributed by atoms with Gasteiger partial charge in [-0.1, -0.05) is 18.2 Å². The molecular formula is C20H21N3O5. The van der Waals surface area contributed by atoms with Crippen LogP contribution in [-0.2, 0) is 24.2 Å². The normalized spacial score (nSPS) is 27.6. The monoisotopic (exact) mass is 383 g/mol. The zero-order valence-electron chi connectivity index (χ0n) is 15.0. The maximum Gasteiger partial charge on any atom is 0.164 e. The first kappa shape index (κ1) is 17.7. The number of benzene rings is 1. The highest BCUT2D eigenvalue weighted by Gasteiger charge is 2.47. The molecule has 0 spiro atoms. The lowest BCUT2D eigenvalue weighted by molar-refractivity contribution is -0.0848. The number of aliphatic hydroxyl groups excluding tert-OH is 4. The van der Waals surface area contributed by atoms with Gasteiger partial charge in [-0.25, -0.2) is 9.97 Å². The summed E-state index contributed by atoms with van der Waals surface area (Å²) in [6.07, 6.45) is -0.433. The summed E-state index contributed by atoms with van der Waals surface area (Å²) in [6, 6.07) is 7.48. The second kappa shape index (κ2) is 6.61. The van der Waals surface area contributed by atoms with Gasteiger partial charge in [0, 0.05) is 11.6 Å². The molecule has 8 nitrogen and oxygen atoms in total. The van der Waals surface area contributed by atoms with Crippen molar-refractivity contribution in [3.05, 3.63) is 59.2 Å². The minimum atomic E-state index is -1.26. The molecule has 1 fully saturated rings. The predicted molar refractivity (Wildman–Crippen MR) is 98.2 cm³/mol. The average Bonchev–Trinajstić information content (AvgIpc) is 3.24. The number of hydrogen-bond donors (Lipinski definition) is 4. The van der Waals surface area contributed by atoms with Crippen LogP contribution >= 0.6 is 0 Å². The van der Waals surface area contributed by atoms with E-state index in [0.29, 0.717) is 22.3 Å². The summed E-state index contributed by atoms with van der Waals surface area (Å²) in [5, 5.41) is 42.0. The topological polar surface area (TPSA) is 121 Å². The van der Waals surface area contributed by atoms with Crippen molar-refractivity contribution < 1.29 is 25.2 Å². The highest BCUT2D eigenvalue weighted by atomic mass is 16.6. The quantitative estimate of drug-likeness (QED) is 0.514. The van der Waals surface area contributed by atoms with E-state index >= 15 is 0 Å². The molecular weight excluding hydrogens is 362 g/mol. The summed E-state index contributed by atoms with van der Waals surface area (Å²) in [6.45, 7) is -0.237. The molecule has 5 atom stereocenters. The maximum absolute atomic E-state index is 10.8. The van der Waals surface area contributed by atoms with E-state index in [2.05, 4.69) is 9.97 Å². The van der Waals surface area contributed by atoms with Gasteiger partial charge in [0.05, 0.1) is 12.3 Å². The lowest BCUT2D eigenvalue weighted by Crippen LogP contribution is -2.35. The Morgan fingerprint density at radius 2 is 1.93 bits per heavy atom. The van der Waals surface area contributed by atoms with E-state index in [1.165, 1.54) is 17.5 Å². The van der Waals surface area contributed by atoms with Crippen molar-refractivity contribution in [1.82, 2.24) is 14.5 Å². The molecule has 2 aliphatic rings. The Morgan fingerprint density at radius 3 is 2.64 bits per heavy atom. The molecule has 1 aromatic carbocycles. The summed E-state index contributed by atoms with van der Waals surface area (Å²) < 4.78 is 7.50. The molecule has 8 heteroatoms. The van der Waals surface area contributed by atoms with Crippen LogP contribution in [0.2, 0.25) is 0 Å². The fourth-order valence-electron chi connectivity index (χ4n) is 4.12. The van der Waals surface area contributed by atoms with E-state index in [1.807, 2.05) is 18.2 Å². The van der Waals surface area contributed by atoms with Crippen molar-refractivity contribution in [1.29, 1.82) is 0 Å². The molecule has 3 heterocycles. The van der Waals surface area contributed by atoms with Crippen LogP contribution in [0.5, 0.6) is 0 Å². The third-order valence-electron chi connectivity index (χ3n) is 5.84. The summed E-state index contributed by atoms with van der Waals surface area (Å²) in [5.74, 6) is 0. The molecule has 0 saturated carbocycles. The number of rotatable bonds is 4. The number of aromatic nitrogens is 3. The molecule has 4 N–H and O–H groups in total. The largest absolute Gasteiger partial charge is 0.390 e. The Kier molecular flexibility index (Phi) is 4.18. The molecule has 1 aliphatic heterocycles. The number of aliphatic hydroxyl groups is 4. The van der Waals surface area contributed by atoms with Gasteiger partial charge < -0.3 is 29.7 Å². The van der Waals surface area contributed by atoms with Crippen LogP contribution in [0.3, 0.4) is 0 Å². The number of ether oxygens (including phenoxy) is 1. The molecule has 146 valence electrons. The summed E-state index contributed by atoms with van der Waals surface area (Å²) in [7, 11) is 0. The number of nitrogens with zero attached hydrogens (tertiary/aromatic N) is 3. The SMILES string of the molecule is OCc1ncnc2c1ccn2[C@@H]1O[C@H]([C@H](O)c2ccc3c(c2)CC3)[C@@H](O)[C@H]1O. The van der Waals surface area contributed by atoms with Crippen LogP contribution in [-0.4, -0.2) is 53.3 Å². The van der Waals surface area contributed by atoms with Crippen LogP contribution in [0.1, 0.15) is 34.7 Å². The predicted octanol–water partition coefficient (Wildman–Crippen LogP) is 0.375. The second-order valence-electron chi connectivity index (χ2n) is 7.38. The van der Waals surface area contributed by atoms with Gasteiger partial charge in [-0.05, 0) is 35.6 Å². The van der Waals surface area contributed by atoms with Gasteiger partial charge in [-0.15, -0.1) is 0 Å². The van der Waals surface area contributed by atoms with Crippen LogP contribution in [0.15, 0.2) is 36.8 Å². The zero-order chi connectivity index (χ0) is 19.4. The molecule has 2 aromatic heterocycles. The van der Waals surface area contributed by atoms with Gasteiger partial charge in [0.2, 0.25) is 0 Å². The third kappa shape index (κ3) is 2.57. The highest BCUT2D eigenvalue weighted by Crippen LogP contribution is 2.38. The number of hydrogen-bond acceptors (Lipinski definition) is 7. The van der Waals surface area contributed by atoms with Crippen LogP contribution in [0.25, 0.3) is 11.0 Å². The third-order valence-corrected chi connectivity index (χ3v) is 5.84. The van der Waals surface area contributed by atoms with E-state index in [4.69, 9.17) is 4.74 Å². The molecule has 0 bridgehead atoms. The lowest BCUT2D eigenvalue weighted by Gasteiger charge is -2.25. The Hall–Kier alpha value is -2.36. The maximum atomic E-state index is 10.8. The van der Waals surface area contributed by atoms with Crippen molar-refractivity contribution >= 4 is 11.0 Å². The van der Waals surface area contributed by atoms with Gasteiger partial charge in [0.1, 0.15) is 36.4 Å². The van der Waals surface area contributed by atoms with E-state index < -0.39 is 30.6 Å². The standard InChI is InChI=1S/C20H21N3O5/c24-8-14-13-5-6-23(19(13)22-9-21-14)20-17(27)16(26)18(28-20)15(25)12-4-2-10-1-3-11(10)7-12/h2,4-7,9,15-18,20,24-27H,1,3,8H2/t15-,16+,17-,18-,20-/m1/s1. The van der Waals surface area contributed by atoms with Crippen molar-refractivity contribution in [2.24, 2.45) is 0 Å². The first-order chi connectivity index (χ1) is 13.6. The minimum Gasteiger partial charge on any atom is -0.390 e. The van der Waals surface area contributed by atoms with Crippen molar-refractivity contribution in [2.75, 3.05) is 0 Å². The van der Waals surface area contributed by atoms with E-state index in [9.17, 15) is 20.4 Å². The molecule has 1 saturated heterocycles. The van der Waals surface area contributed by atoms with Gasteiger partial charge >= 0.3 is 0 Å². The summed E-state index contributed by atoms with van der Waals surface area (Å²) >= 11 is 0.